The minimum atomic E-state index is 0.0534. The quantitative estimate of drug-likeness (QED) is 0.774. The molecule has 2 aromatic carbocycles. The average Bonchev–Trinajstić information content (AvgIpc) is 2.72. The molecule has 27 heavy (non-hydrogen) atoms. The lowest BCUT2D eigenvalue weighted by atomic mass is 10.1. The molecule has 0 radical (unpaired) electrons. The summed E-state index contributed by atoms with van der Waals surface area (Å²) in [5.74, 6) is 1.60. The molecule has 0 spiro atoms. The van der Waals surface area contributed by atoms with Crippen molar-refractivity contribution in [3.63, 3.8) is 0 Å². The molecule has 1 heterocycles. The third-order valence-corrected chi connectivity index (χ3v) is 4.80. The second-order valence-electron chi connectivity index (χ2n) is 6.59. The summed E-state index contributed by atoms with van der Waals surface area (Å²) in [4.78, 5) is 14.5. The van der Waals surface area contributed by atoms with Crippen LogP contribution in [0.1, 0.15) is 31.4 Å². The lowest BCUT2D eigenvalue weighted by Gasteiger charge is -2.21. The first-order chi connectivity index (χ1) is 13.2. The first kappa shape index (κ1) is 19.1. The summed E-state index contributed by atoms with van der Waals surface area (Å²) in [5, 5.41) is 3.00. The van der Waals surface area contributed by atoms with E-state index in [0.717, 1.165) is 35.7 Å². The van der Waals surface area contributed by atoms with Gasteiger partial charge in [-0.2, -0.15) is 0 Å². The highest BCUT2D eigenvalue weighted by atomic mass is 16.6. The second-order valence-corrected chi connectivity index (χ2v) is 6.59. The van der Waals surface area contributed by atoms with Gasteiger partial charge in [-0.15, -0.1) is 0 Å². The van der Waals surface area contributed by atoms with E-state index in [1.165, 1.54) is 5.69 Å². The van der Waals surface area contributed by atoms with Crippen molar-refractivity contribution in [1.29, 1.82) is 0 Å². The number of carbonyl (C=O) groups is 1. The topological polar surface area (TPSA) is 50.8 Å². The zero-order valence-corrected chi connectivity index (χ0v) is 16.2. The number of amides is 1. The first-order valence-corrected chi connectivity index (χ1v) is 9.68. The summed E-state index contributed by atoms with van der Waals surface area (Å²) in [6.45, 7) is 8.00. The lowest BCUT2D eigenvalue weighted by Crippen LogP contribution is -2.23. The summed E-state index contributed by atoms with van der Waals surface area (Å²) in [7, 11) is 0. The summed E-state index contributed by atoms with van der Waals surface area (Å²) in [5.41, 5.74) is 3.41. The van der Waals surface area contributed by atoms with Crippen LogP contribution in [-0.2, 0) is 17.8 Å². The van der Waals surface area contributed by atoms with E-state index in [1.54, 1.807) is 0 Å². The van der Waals surface area contributed by atoms with Crippen LogP contribution in [-0.4, -0.2) is 32.2 Å². The summed E-state index contributed by atoms with van der Waals surface area (Å²) in [6.07, 6.45) is 1.14. The maximum absolute atomic E-state index is 12.2. The fourth-order valence-electron chi connectivity index (χ4n) is 3.20. The van der Waals surface area contributed by atoms with Gasteiger partial charge >= 0.3 is 0 Å². The normalized spacial score (nSPS) is 12.5. The van der Waals surface area contributed by atoms with E-state index in [4.69, 9.17) is 9.47 Å². The number of rotatable bonds is 8. The summed E-state index contributed by atoms with van der Waals surface area (Å²) >= 11 is 0. The highest BCUT2D eigenvalue weighted by molar-refractivity contribution is 5.76. The fraction of sp³-hybridized carbons (Fsp3) is 0.409. The van der Waals surface area contributed by atoms with E-state index in [0.29, 0.717) is 32.6 Å². The number of ether oxygens (including phenoxy) is 2. The zero-order valence-electron chi connectivity index (χ0n) is 16.2. The van der Waals surface area contributed by atoms with Gasteiger partial charge in [-0.1, -0.05) is 18.2 Å². The van der Waals surface area contributed by atoms with Crippen molar-refractivity contribution in [2.24, 2.45) is 0 Å². The van der Waals surface area contributed by atoms with Crippen LogP contribution >= 0.6 is 0 Å². The minimum Gasteiger partial charge on any atom is -0.486 e. The van der Waals surface area contributed by atoms with Crippen LogP contribution in [0.25, 0.3) is 0 Å². The van der Waals surface area contributed by atoms with E-state index >= 15 is 0 Å². The molecular formula is C22H28N2O3. The molecule has 5 heteroatoms. The Morgan fingerprint density at radius 1 is 0.963 bits per heavy atom. The van der Waals surface area contributed by atoms with Gasteiger partial charge in [-0.25, -0.2) is 0 Å². The van der Waals surface area contributed by atoms with Gasteiger partial charge < -0.3 is 19.7 Å². The standard InChI is InChI=1S/C22H28N2O3/c1-3-24(4-2)19-9-5-18(6-10-19)16-23-22(25)12-8-17-7-11-20-21(15-17)27-14-13-26-20/h5-7,9-11,15H,3-4,8,12-14,16H2,1-2H3,(H,23,25). The Morgan fingerprint density at radius 2 is 1.63 bits per heavy atom. The smallest absolute Gasteiger partial charge is 0.220 e. The summed E-state index contributed by atoms with van der Waals surface area (Å²) < 4.78 is 11.1. The maximum atomic E-state index is 12.2. The van der Waals surface area contributed by atoms with Gasteiger partial charge in [0.05, 0.1) is 0 Å². The largest absolute Gasteiger partial charge is 0.486 e. The molecule has 0 bridgehead atoms. The molecule has 1 aliphatic rings. The molecule has 2 aromatic rings. The highest BCUT2D eigenvalue weighted by Gasteiger charge is 2.12. The van der Waals surface area contributed by atoms with Crippen LogP contribution in [0.15, 0.2) is 42.5 Å². The number of fused-ring (bicyclic) bond motifs is 1. The number of carbonyl (C=O) groups excluding carboxylic acids is 1. The van der Waals surface area contributed by atoms with Crippen molar-refractivity contribution in [2.75, 3.05) is 31.2 Å². The van der Waals surface area contributed by atoms with Crippen LogP contribution in [0.2, 0.25) is 0 Å². The average molecular weight is 368 g/mol. The van der Waals surface area contributed by atoms with E-state index < -0.39 is 0 Å². The molecule has 144 valence electrons. The molecule has 5 nitrogen and oxygen atoms in total. The number of hydrogen-bond donors (Lipinski definition) is 1. The molecule has 0 aliphatic carbocycles. The van der Waals surface area contributed by atoms with Gasteiger partial charge in [0.15, 0.2) is 11.5 Å². The van der Waals surface area contributed by atoms with Crippen LogP contribution in [0, 0.1) is 0 Å². The molecule has 0 fully saturated rings. The monoisotopic (exact) mass is 368 g/mol. The summed E-state index contributed by atoms with van der Waals surface area (Å²) in [6, 6.07) is 14.3. The van der Waals surface area contributed by atoms with Crippen molar-refractivity contribution in [3.05, 3.63) is 53.6 Å². The molecule has 0 atom stereocenters. The molecule has 1 amide bonds. The molecule has 0 saturated carbocycles. The number of aryl methyl sites for hydroxylation is 1. The fourth-order valence-corrected chi connectivity index (χ4v) is 3.20. The Labute approximate surface area is 161 Å². The SMILES string of the molecule is CCN(CC)c1ccc(CNC(=O)CCc2ccc3c(c2)OCCO3)cc1. The van der Waals surface area contributed by atoms with Gasteiger partial charge in [-0.05, 0) is 55.7 Å². The van der Waals surface area contributed by atoms with Crippen molar-refractivity contribution in [2.45, 2.75) is 33.2 Å². The molecular weight excluding hydrogens is 340 g/mol. The van der Waals surface area contributed by atoms with Gasteiger partial charge in [0.2, 0.25) is 5.91 Å². The minimum absolute atomic E-state index is 0.0534. The van der Waals surface area contributed by atoms with Gasteiger partial charge in [0.25, 0.3) is 0 Å². The maximum Gasteiger partial charge on any atom is 0.220 e. The van der Waals surface area contributed by atoms with Crippen LogP contribution < -0.4 is 19.7 Å². The third kappa shape index (κ3) is 5.16. The molecule has 0 aromatic heterocycles. The molecule has 1 aliphatic heterocycles. The first-order valence-electron chi connectivity index (χ1n) is 9.68. The Kier molecular flexibility index (Phi) is 6.58. The number of nitrogens with zero attached hydrogens (tertiary/aromatic N) is 1. The van der Waals surface area contributed by atoms with Crippen molar-refractivity contribution >= 4 is 11.6 Å². The molecule has 1 N–H and O–H groups in total. The van der Waals surface area contributed by atoms with E-state index in [1.807, 2.05) is 18.2 Å². The highest BCUT2D eigenvalue weighted by Crippen LogP contribution is 2.31. The zero-order chi connectivity index (χ0) is 19.1. The number of anilines is 1. The van der Waals surface area contributed by atoms with E-state index in [9.17, 15) is 4.79 Å². The lowest BCUT2D eigenvalue weighted by molar-refractivity contribution is -0.121. The Balaban J connectivity index is 1.46. The van der Waals surface area contributed by atoms with Crippen molar-refractivity contribution in [3.8, 4) is 11.5 Å². The van der Waals surface area contributed by atoms with Crippen LogP contribution in [0.5, 0.6) is 11.5 Å². The number of nitrogens with one attached hydrogen (secondary N) is 1. The van der Waals surface area contributed by atoms with Crippen molar-refractivity contribution in [1.82, 2.24) is 5.32 Å². The Morgan fingerprint density at radius 3 is 2.33 bits per heavy atom. The van der Waals surface area contributed by atoms with Crippen molar-refractivity contribution < 1.29 is 14.3 Å². The van der Waals surface area contributed by atoms with Crippen LogP contribution in [0.3, 0.4) is 0 Å². The molecule has 0 unspecified atom stereocenters. The predicted octanol–water partition coefficient (Wildman–Crippen LogP) is 3.55. The van der Waals surface area contributed by atoms with E-state index in [2.05, 4.69) is 48.3 Å². The van der Waals surface area contributed by atoms with Gasteiger partial charge in [0, 0.05) is 31.7 Å². The van der Waals surface area contributed by atoms with Gasteiger partial charge in [-0.3, -0.25) is 4.79 Å². The molecule has 0 saturated heterocycles. The number of benzene rings is 2. The van der Waals surface area contributed by atoms with E-state index in [-0.39, 0.29) is 5.91 Å². The predicted molar refractivity (Wildman–Crippen MR) is 108 cm³/mol. The van der Waals surface area contributed by atoms with Crippen LogP contribution in [0.4, 0.5) is 5.69 Å². The third-order valence-electron chi connectivity index (χ3n) is 4.80. The Bertz CT molecular complexity index is 755. The Hall–Kier alpha value is -2.69. The van der Waals surface area contributed by atoms with Gasteiger partial charge in [0.1, 0.15) is 13.2 Å². The number of hydrogen-bond acceptors (Lipinski definition) is 4. The second kappa shape index (κ2) is 9.31. The molecule has 3 rings (SSSR count).